The van der Waals surface area contributed by atoms with Gasteiger partial charge in [0.25, 0.3) is 0 Å². The van der Waals surface area contributed by atoms with E-state index in [0.717, 1.165) is 34.4 Å². The van der Waals surface area contributed by atoms with Crippen LogP contribution in [0.1, 0.15) is 50.6 Å². The van der Waals surface area contributed by atoms with E-state index in [1.54, 1.807) is 17.8 Å². The SMILES string of the molecule is Cc1cc(-c2ncc3cc(C(F)(F)F)cc(C)c3n2)ccc1C1CCn2ncc(C)c2C1=O. The summed E-state index contributed by atoms with van der Waals surface area (Å²) in [7, 11) is 0. The maximum atomic E-state index is 13.1. The van der Waals surface area contributed by atoms with Crippen LogP contribution in [0.3, 0.4) is 0 Å². The predicted octanol–water partition coefficient (Wildman–Crippen LogP) is 5.81. The van der Waals surface area contributed by atoms with Crippen molar-refractivity contribution in [2.75, 3.05) is 0 Å². The second kappa shape index (κ2) is 7.50. The van der Waals surface area contributed by atoms with Crippen molar-refractivity contribution in [3.8, 4) is 11.4 Å². The highest BCUT2D eigenvalue weighted by Crippen LogP contribution is 2.35. The Bertz CT molecular complexity index is 1420. The molecule has 168 valence electrons. The number of aryl methyl sites for hydroxylation is 4. The standard InChI is InChI=1S/C25H21F3N4O/c1-13-8-16(4-5-19(13)20-6-7-32-22(23(20)33)15(3)11-30-32)24-29-12-17-10-18(25(26,27)28)9-14(2)21(17)31-24/h4-5,8-12,20H,6-7H2,1-3H3. The first kappa shape index (κ1) is 21.3. The summed E-state index contributed by atoms with van der Waals surface area (Å²) in [6.45, 7) is 6.15. The number of benzene rings is 2. The Hall–Kier alpha value is -3.55. The molecule has 0 spiro atoms. The fraction of sp³-hybridized carbons (Fsp3) is 0.280. The van der Waals surface area contributed by atoms with E-state index in [9.17, 15) is 18.0 Å². The zero-order valence-electron chi connectivity index (χ0n) is 18.4. The topological polar surface area (TPSA) is 60.7 Å². The number of fused-ring (bicyclic) bond motifs is 2. The third-order valence-electron chi connectivity index (χ3n) is 6.31. The van der Waals surface area contributed by atoms with Crippen LogP contribution in [0, 0.1) is 20.8 Å². The number of rotatable bonds is 2. The lowest BCUT2D eigenvalue weighted by Crippen LogP contribution is -2.26. The number of Topliss-reactive ketones (excluding diaryl/α,β-unsaturated/α-hetero) is 1. The molecule has 1 unspecified atom stereocenters. The van der Waals surface area contributed by atoms with Gasteiger partial charge in [0.2, 0.25) is 0 Å². The van der Waals surface area contributed by atoms with Gasteiger partial charge in [0.05, 0.1) is 23.2 Å². The molecule has 1 aliphatic rings. The molecule has 0 aliphatic carbocycles. The molecule has 2 aromatic carbocycles. The van der Waals surface area contributed by atoms with Crippen LogP contribution < -0.4 is 0 Å². The molecule has 0 bridgehead atoms. The largest absolute Gasteiger partial charge is 0.416 e. The van der Waals surface area contributed by atoms with Gasteiger partial charge in [-0.25, -0.2) is 9.97 Å². The number of hydrogen-bond donors (Lipinski definition) is 0. The molecule has 4 aromatic rings. The molecular formula is C25H21F3N4O. The summed E-state index contributed by atoms with van der Waals surface area (Å²) < 4.78 is 41.1. The van der Waals surface area contributed by atoms with Crippen molar-refractivity contribution in [1.82, 2.24) is 19.7 Å². The second-order valence-corrected chi connectivity index (χ2v) is 8.60. The minimum atomic E-state index is -4.42. The molecule has 0 amide bonds. The van der Waals surface area contributed by atoms with Crippen LogP contribution >= 0.6 is 0 Å². The van der Waals surface area contributed by atoms with Gasteiger partial charge in [-0.2, -0.15) is 18.3 Å². The van der Waals surface area contributed by atoms with Crippen molar-refractivity contribution >= 4 is 16.7 Å². The van der Waals surface area contributed by atoms with Crippen LogP contribution in [-0.4, -0.2) is 25.5 Å². The first-order valence-corrected chi connectivity index (χ1v) is 10.7. The summed E-state index contributed by atoms with van der Waals surface area (Å²) >= 11 is 0. The molecular weight excluding hydrogens is 429 g/mol. The number of carbonyl (C=O) groups excluding carboxylic acids is 1. The van der Waals surface area contributed by atoms with Crippen LogP contribution in [0.4, 0.5) is 13.2 Å². The van der Waals surface area contributed by atoms with E-state index >= 15 is 0 Å². The fourth-order valence-electron chi connectivity index (χ4n) is 4.65. The maximum Gasteiger partial charge on any atom is 0.416 e. The Balaban J connectivity index is 1.50. The van der Waals surface area contributed by atoms with Crippen LogP contribution in [-0.2, 0) is 12.7 Å². The molecule has 33 heavy (non-hydrogen) atoms. The van der Waals surface area contributed by atoms with Crippen molar-refractivity contribution in [1.29, 1.82) is 0 Å². The minimum Gasteiger partial charge on any atom is -0.292 e. The monoisotopic (exact) mass is 450 g/mol. The van der Waals surface area contributed by atoms with Gasteiger partial charge >= 0.3 is 6.18 Å². The average molecular weight is 450 g/mol. The fourth-order valence-corrected chi connectivity index (χ4v) is 4.65. The summed E-state index contributed by atoms with van der Waals surface area (Å²) in [6, 6.07) is 7.91. The van der Waals surface area contributed by atoms with E-state index in [0.29, 0.717) is 41.0 Å². The van der Waals surface area contributed by atoms with Crippen molar-refractivity contribution in [3.63, 3.8) is 0 Å². The van der Waals surface area contributed by atoms with Crippen molar-refractivity contribution in [3.05, 3.63) is 76.2 Å². The van der Waals surface area contributed by atoms with Crippen molar-refractivity contribution < 1.29 is 18.0 Å². The first-order valence-electron chi connectivity index (χ1n) is 10.7. The molecule has 0 fully saturated rings. The van der Waals surface area contributed by atoms with Gasteiger partial charge < -0.3 is 0 Å². The van der Waals surface area contributed by atoms with Gasteiger partial charge in [0.15, 0.2) is 11.6 Å². The lowest BCUT2D eigenvalue weighted by atomic mass is 9.84. The molecule has 3 heterocycles. The smallest absolute Gasteiger partial charge is 0.292 e. The van der Waals surface area contributed by atoms with Gasteiger partial charge in [-0.05, 0) is 67.6 Å². The Morgan fingerprint density at radius 1 is 1.00 bits per heavy atom. The van der Waals surface area contributed by atoms with E-state index in [4.69, 9.17) is 0 Å². The van der Waals surface area contributed by atoms with E-state index in [-0.39, 0.29) is 11.7 Å². The molecule has 8 heteroatoms. The molecule has 5 rings (SSSR count). The number of aromatic nitrogens is 4. The van der Waals surface area contributed by atoms with Gasteiger partial charge in [-0.3, -0.25) is 9.48 Å². The third kappa shape index (κ3) is 3.59. The summed E-state index contributed by atoms with van der Waals surface area (Å²) in [5.74, 6) is 0.275. The zero-order chi connectivity index (χ0) is 23.5. The number of hydrogen-bond acceptors (Lipinski definition) is 4. The van der Waals surface area contributed by atoms with Gasteiger partial charge in [0, 0.05) is 23.7 Å². The Kier molecular flexibility index (Phi) is 4.84. The molecule has 0 saturated heterocycles. The summed E-state index contributed by atoms with van der Waals surface area (Å²) in [4.78, 5) is 22.0. The van der Waals surface area contributed by atoms with E-state index in [1.807, 2.05) is 32.0 Å². The van der Waals surface area contributed by atoms with E-state index < -0.39 is 11.7 Å². The Morgan fingerprint density at radius 2 is 1.79 bits per heavy atom. The van der Waals surface area contributed by atoms with E-state index in [2.05, 4.69) is 15.1 Å². The predicted molar refractivity (Wildman–Crippen MR) is 118 cm³/mol. The van der Waals surface area contributed by atoms with Gasteiger partial charge in [-0.1, -0.05) is 12.1 Å². The number of ketones is 1. The van der Waals surface area contributed by atoms with Gasteiger partial charge in [0.1, 0.15) is 5.69 Å². The molecule has 0 radical (unpaired) electrons. The number of carbonyl (C=O) groups is 1. The molecule has 1 atom stereocenters. The molecule has 5 nitrogen and oxygen atoms in total. The number of alkyl halides is 3. The van der Waals surface area contributed by atoms with Gasteiger partial charge in [-0.15, -0.1) is 0 Å². The van der Waals surface area contributed by atoms with E-state index in [1.165, 1.54) is 6.20 Å². The zero-order valence-corrected chi connectivity index (χ0v) is 18.4. The second-order valence-electron chi connectivity index (χ2n) is 8.60. The van der Waals surface area contributed by atoms with Crippen LogP contribution in [0.5, 0.6) is 0 Å². The summed E-state index contributed by atoms with van der Waals surface area (Å²) in [5.41, 5.74) is 4.43. The number of nitrogens with zero attached hydrogens (tertiary/aromatic N) is 4. The van der Waals surface area contributed by atoms with Crippen molar-refractivity contribution in [2.45, 2.75) is 45.8 Å². The molecule has 0 saturated carbocycles. The quantitative estimate of drug-likeness (QED) is 0.387. The van der Waals surface area contributed by atoms with Crippen LogP contribution in [0.25, 0.3) is 22.3 Å². The van der Waals surface area contributed by atoms with Crippen LogP contribution in [0.15, 0.2) is 42.7 Å². The lowest BCUT2D eigenvalue weighted by molar-refractivity contribution is -0.137. The minimum absolute atomic E-state index is 0.0742. The Morgan fingerprint density at radius 3 is 2.52 bits per heavy atom. The third-order valence-corrected chi connectivity index (χ3v) is 6.31. The molecule has 1 aliphatic heterocycles. The van der Waals surface area contributed by atoms with Crippen LogP contribution in [0.2, 0.25) is 0 Å². The highest BCUT2D eigenvalue weighted by molar-refractivity contribution is 6.01. The number of halogens is 3. The molecule has 0 N–H and O–H groups in total. The normalized spacial score (nSPS) is 16.3. The summed E-state index contributed by atoms with van der Waals surface area (Å²) in [6.07, 6.45) is -0.586. The highest BCUT2D eigenvalue weighted by Gasteiger charge is 2.32. The lowest BCUT2D eigenvalue weighted by Gasteiger charge is -2.24. The first-order chi connectivity index (χ1) is 15.6. The molecule has 2 aromatic heterocycles. The average Bonchev–Trinajstić information content (AvgIpc) is 3.15. The summed E-state index contributed by atoms with van der Waals surface area (Å²) in [5, 5.41) is 4.63. The van der Waals surface area contributed by atoms with Crippen molar-refractivity contribution in [2.24, 2.45) is 0 Å². The maximum absolute atomic E-state index is 13.1. The highest BCUT2D eigenvalue weighted by atomic mass is 19.4. The Labute approximate surface area is 188 Å².